The van der Waals surface area contributed by atoms with Crippen LogP contribution in [0.5, 0.6) is 0 Å². The average Bonchev–Trinajstić information content (AvgIpc) is 3.20. The van der Waals surface area contributed by atoms with E-state index in [4.69, 9.17) is 5.11 Å². The minimum absolute atomic E-state index is 0.0545. The van der Waals surface area contributed by atoms with E-state index >= 15 is 0 Å². The van der Waals surface area contributed by atoms with Gasteiger partial charge in [-0.05, 0) is 6.92 Å². The highest BCUT2D eigenvalue weighted by molar-refractivity contribution is 7.18. The Balaban J connectivity index is 1.77. The third kappa shape index (κ3) is 2.23. The number of aromatic nitrogens is 4. The van der Waals surface area contributed by atoms with E-state index in [1.165, 1.54) is 11.3 Å². The van der Waals surface area contributed by atoms with Crippen LogP contribution in [-0.4, -0.2) is 24.7 Å². The molecule has 0 amide bonds. The average molecular weight is 328 g/mol. The van der Waals surface area contributed by atoms with Gasteiger partial charge in [0.2, 0.25) is 4.96 Å². The van der Waals surface area contributed by atoms with Crippen molar-refractivity contribution in [3.63, 3.8) is 0 Å². The summed E-state index contributed by atoms with van der Waals surface area (Å²) in [4.78, 5) is 11.1. The van der Waals surface area contributed by atoms with Crippen LogP contribution in [0.2, 0.25) is 0 Å². The van der Waals surface area contributed by atoms with E-state index < -0.39 is 0 Å². The first-order chi connectivity index (χ1) is 10.7. The molecule has 0 saturated heterocycles. The van der Waals surface area contributed by atoms with Gasteiger partial charge in [-0.15, -0.1) is 11.3 Å². The van der Waals surface area contributed by atoms with Gasteiger partial charge in [0.15, 0.2) is 0 Å². The molecule has 0 unspecified atom stereocenters. The van der Waals surface area contributed by atoms with E-state index in [9.17, 15) is 0 Å². The number of fused-ring (bicyclic) bond motifs is 1. The van der Waals surface area contributed by atoms with Crippen molar-refractivity contribution in [2.75, 3.05) is 0 Å². The van der Waals surface area contributed by atoms with Crippen molar-refractivity contribution in [3.8, 4) is 21.1 Å². The Morgan fingerprint density at radius 1 is 1.14 bits per heavy atom. The van der Waals surface area contributed by atoms with Crippen molar-refractivity contribution in [3.05, 3.63) is 47.2 Å². The van der Waals surface area contributed by atoms with Gasteiger partial charge >= 0.3 is 0 Å². The van der Waals surface area contributed by atoms with Gasteiger partial charge in [0.1, 0.15) is 15.7 Å². The van der Waals surface area contributed by atoms with Gasteiger partial charge in [0, 0.05) is 5.56 Å². The van der Waals surface area contributed by atoms with Gasteiger partial charge in [-0.1, -0.05) is 41.7 Å². The number of thiazole rings is 1. The molecular weight excluding hydrogens is 316 g/mol. The molecule has 0 fully saturated rings. The number of aliphatic hydroxyl groups is 1. The number of aryl methyl sites for hydroxylation is 1. The summed E-state index contributed by atoms with van der Waals surface area (Å²) < 4.78 is 1.72. The highest BCUT2D eigenvalue weighted by Gasteiger charge is 2.15. The minimum atomic E-state index is -0.0545. The molecule has 0 saturated carbocycles. The summed E-state index contributed by atoms with van der Waals surface area (Å²) in [5.41, 5.74) is 2.96. The molecule has 0 aliphatic heterocycles. The van der Waals surface area contributed by atoms with Crippen LogP contribution in [0.15, 0.2) is 36.5 Å². The normalized spacial score (nSPS) is 11.4. The van der Waals surface area contributed by atoms with E-state index in [1.54, 1.807) is 15.9 Å². The molecule has 0 bridgehead atoms. The minimum Gasteiger partial charge on any atom is -0.389 e. The molecule has 0 radical (unpaired) electrons. The Hall–Kier alpha value is -2.09. The third-order valence-electron chi connectivity index (χ3n) is 3.27. The third-order valence-corrected chi connectivity index (χ3v) is 5.41. The second-order valence-corrected chi connectivity index (χ2v) is 6.85. The standard InChI is InChI=1S/C15H12N4OS2/c1-9-13(22-14(16-9)10-5-3-2-4-6-10)11-7-19-15(17-11)21-12(8-20)18-19/h2-7,20H,8H2,1H3. The molecule has 4 aromatic rings. The predicted molar refractivity (Wildman–Crippen MR) is 88.1 cm³/mol. The predicted octanol–water partition coefficient (Wildman–Crippen LogP) is 3.38. The second-order valence-electron chi connectivity index (χ2n) is 4.81. The fourth-order valence-electron chi connectivity index (χ4n) is 2.25. The molecule has 0 aliphatic rings. The molecule has 0 atom stereocenters. The van der Waals surface area contributed by atoms with Crippen LogP contribution in [0, 0.1) is 6.92 Å². The van der Waals surface area contributed by atoms with Crippen molar-refractivity contribution in [2.24, 2.45) is 0 Å². The highest BCUT2D eigenvalue weighted by Crippen LogP contribution is 2.35. The van der Waals surface area contributed by atoms with Crippen molar-refractivity contribution in [2.45, 2.75) is 13.5 Å². The molecule has 4 rings (SSSR count). The van der Waals surface area contributed by atoms with E-state index in [1.807, 2.05) is 31.3 Å². The molecule has 1 aromatic carbocycles. The van der Waals surface area contributed by atoms with Crippen molar-refractivity contribution < 1.29 is 5.11 Å². The molecule has 0 spiro atoms. The first-order valence-electron chi connectivity index (χ1n) is 6.74. The number of imidazole rings is 1. The quantitative estimate of drug-likeness (QED) is 0.626. The number of aliphatic hydroxyl groups excluding tert-OH is 1. The summed E-state index contributed by atoms with van der Waals surface area (Å²) in [6.45, 7) is 1.94. The lowest BCUT2D eigenvalue weighted by molar-refractivity contribution is 0.280. The summed E-state index contributed by atoms with van der Waals surface area (Å²) in [5.74, 6) is 0. The molecule has 3 heterocycles. The fourth-order valence-corrected chi connectivity index (χ4v) is 4.01. The monoisotopic (exact) mass is 328 g/mol. The van der Waals surface area contributed by atoms with Crippen LogP contribution in [-0.2, 0) is 6.61 Å². The Labute approximate surface area is 134 Å². The van der Waals surface area contributed by atoms with Gasteiger partial charge in [-0.3, -0.25) is 0 Å². The van der Waals surface area contributed by atoms with Gasteiger partial charge < -0.3 is 5.11 Å². The Bertz CT molecular complexity index is 908. The van der Waals surface area contributed by atoms with Crippen molar-refractivity contribution in [1.29, 1.82) is 0 Å². The lowest BCUT2D eigenvalue weighted by Gasteiger charge is -1.92. The van der Waals surface area contributed by atoms with Crippen LogP contribution in [0.4, 0.5) is 0 Å². The Morgan fingerprint density at radius 3 is 2.68 bits per heavy atom. The zero-order valence-electron chi connectivity index (χ0n) is 11.7. The molecule has 22 heavy (non-hydrogen) atoms. The van der Waals surface area contributed by atoms with Crippen LogP contribution in [0.3, 0.4) is 0 Å². The molecule has 7 heteroatoms. The lowest BCUT2D eigenvalue weighted by Crippen LogP contribution is -1.85. The van der Waals surface area contributed by atoms with Gasteiger partial charge in [-0.2, -0.15) is 5.10 Å². The summed E-state index contributed by atoms with van der Waals surface area (Å²) in [7, 11) is 0. The summed E-state index contributed by atoms with van der Waals surface area (Å²) >= 11 is 3.03. The van der Waals surface area contributed by atoms with Crippen LogP contribution >= 0.6 is 22.7 Å². The summed E-state index contributed by atoms with van der Waals surface area (Å²) in [6.07, 6.45) is 1.89. The number of hydrogen-bond donors (Lipinski definition) is 1. The van der Waals surface area contributed by atoms with Crippen molar-refractivity contribution >= 4 is 27.6 Å². The lowest BCUT2D eigenvalue weighted by atomic mass is 10.2. The first kappa shape index (κ1) is 13.6. The molecule has 3 aromatic heterocycles. The van der Waals surface area contributed by atoms with E-state index in [2.05, 4.69) is 27.2 Å². The topological polar surface area (TPSA) is 63.3 Å². The van der Waals surface area contributed by atoms with Crippen LogP contribution in [0.25, 0.3) is 26.1 Å². The van der Waals surface area contributed by atoms with Crippen LogP contribution < -0.4 is 0 Å². The highest BCUT2D eigenvalue weighted by atomic mass is 32.1. The molecule has 1 N–H and O–H groups in total. The zero-order valence-corrected chi connectivity index (χ0v) is 13.4. The fraction of sp³-hybridized carbons (Fsp3) is 0.133. The van der Waals surface area contributed by atoms with Crippen molar-refractivity contribution in [1.82, 2.24) is 19.6 Å². The van der Waals surface area contributed by atoms with Crippen LogP contribution in [0.1, 0.15) is 10.7 Å². The number of hydrogen-bond acceptors (Lipinski definition) is 6. The maximum absolute atomic E-state index is 9.12. The smallest absolute Gasteiger partial charge is 0.212 e. The van der Waals surface area contributed by atoms with Gasteiger partial charge in [0.25, 0.3) is 0 Å². The SMILES string of the molecule is Cc1nc(-c2ccccc2)sc1-c1cn2nc(CO)sc2n1. The second kappa shape index (κ2) is 5.28. The molecule has 0 aliphatic carbocycles. The van der Waals surface area contributed by atoms with E-state index in [0.29, 0.717) is 5.01 Å². The summed E-state index contributed by atoms with van der Waals surface area (Å²) in [6, 6.07) is 10.1. The molecule has 5 nitrogen and oxygen atoms in total. The maximum Gasteiger partial charge on any atom is 0.212 e. The maximum atomic E-state index is 9.12. The van der Waals surface area contributed by atoms with Gasteiger partial charge in [0.05, 0.1) is 23.4 Å². The van der Waals surface area contributed by atoms with E-state index in [-0.39, 0.29) is 6.61 Å². The number of nitrogens with zero attached hydrogens (tertiary/aromatic N) is 4. The molecule has 110 valence electrons. The largest absolute Gasteiger partial charge is 0.389 e. The Kier molecular flexibility index (Phi) is 3.25. The zero-order chi connectivity index (χ0) is 15.1. The van der Waals surface area contributed by atoms with Gasteiger partial charge in [-0.25, -0.2) is 14.5 Å². The number of rotatable bonds is 3. The Morgan fingerprint density at radius 2 is 1.95 bits per heavy atom. The summed E-state index contributed by atoms with van der Waals surface area (Å²) in [5, 5.41) is 15.1. The molecular formula is C15H12N4OS2. The van der Waals surface area contributed by atoms with E-state index in [0.717, 1.165) is 31.8 Å². The first-order valence-corrected chi connectivity index (χ1v) is 8.37. The number of benzene rings is 1.